The number of halogens is 2. The summed E-state index contributed by atoms with van der Waals surface area (Å²) in [7, 11) is 1.88. The molecule has 5 heteroatoms. The van der Waals surface area contributed by atoms with E-state index in [0.717, 1.165) is 43.9 Å². The van der Waals surface area contributed by atoms with Gasteiger partial charge >= 0.3 is 0 Å². The fourth-order valence-electron chi connectivity index (χ4n) is 3.05. The predicted molar refractivity (Wildman–Crippen MR) is 76.8 cm³/mol. The quantitative estimate of drug-likeness (QED) is 0.848. The van der Waals surface area contributed by atoms with Crippen molar-refractivity contribution >= 4 is 0 Å². The van der Waals surface area contributed by atoms with Crippen molar-refractivity contribution < 1.29 is 19.0 Å². The standard InChI is InChI=1S/C16H23F2NO2/c1-19(11-16(21)5-2-3-6-16)7-4-15(20)12-8-13(17)10-14(18)9-12/h8-10,15,20-21H,2-7,11H2,1H3. The van der Waals surface area contributed by atoms with Crippen molar-refractivity contribution in [2.24, 2.45) is 0 Å². The van der Waals surface area contributed by atoms with Gasteiger partial charge in [0.05, 0.1) is 11.7 Å². The van der Waals surface area contributed by atoms with E-state index in [1.54, 1.807) is 0 Å². The summed E-state index contributed by atoms with van der Waals surface area (Å²) in [6, 6.07) is 3.09. The monoisotopic (exact) mass is 299 g/mol. The van der Waals surface area contributed by atoms with Gasteiger partial charge in [-0.3, -0.25) is 0 Å². The van der Waals surface area contributed by atoms with Gasteiger partial charge in [0, 0.05) is 19.2 Å². The highest BCUT2D eigenvalue weighted by Crippen LogP contribution is 2.30. The van der Waals surface area contributed by atoms with Crippen molar-refractivity contribution in [3.05, 3.63) is 35.4 Å². The Kier molecular flexibility index (Phi) is 5.30. The summed E-state index contributed by atoms with van der Waals surface area (Å²) in [4.78, 5) is 1.96. The average Bonchev–Trinajstić information content (AvgIpc) is 2.81. The smallest absolute Gasteiger partial charge is 0.126 e. The number of benzene rings is 1. The van der Waals surface area contributed by atoms with Crippen LogP contribution < -0.4 is 0 Å². The minimum Gasteiger partial charge on any atom is -0.389 e. The molecule has 118 valence electrons. The minimum atomic E-state index is -0.907. The van der Waals surface area contributed by atoms with Crippen LogP contribution in [0.4, 0.5) is 8.78 Å². The first kappa shape index (κ1) is 16.3. The van der Waals surface area contributed by atoms with Gasteiger partial charge < -0.3 is 15.1 Å². The summed E-state index contributed by atoms with van der Waals surface area (Å²) in [5.41, 5.74) is -0.370. The van der Waals surface area contributed by atoms with E-state index in [2.05, 4.69) is 0 Å². The van der Waals surface area contributed by atoms with Crippen molar-refractivity contribution in [2.45, 2.75) is 43.8 Å². The van der Waals surface area contributed by atoms with Gasteiger partial charge in [-0.25, -0.2) is 8.78 Å². The molecule has 2 rings (SSSR count). The minimum absolute atomic E-state index is 0.250. The van der Waals surface area contributed by atoms with E-state index in [0.29, 0.717) is 19.5 Å². The van der Waals surface area contributed by atoms with Gasteiger partial charge in [-0.15, -0.1) is 0 Å². The molecule has 2 N–H and O–H groups in total. The highest BCUT2D eigenvalue weighted by atomic mass is 19.1. The number of hydrogen-bond donors (Lipinski definition) is 2. The van der Waals surface area contributed by atoms with Crippen LogP contribution >= 0.6 is 0 Å². The topological polar surface area (TPSA) is 43.7 Å². The zero-order valence-corrected chi connectivity index (χ0v) is 12.4. The van der Waals surface area contributed by atoms with Crippen LogP contribution in [-0.2, 0) is 0 Å². The predicted octanol–water partition coefficient (Wildman–Crippen LogP) is 2.63. The lowest BCUT2D eigenvalue weighted by Gasteiger charge is -2.29. The Morgan fingerprint density at radius 2 is 1.76 bits per heavy atom. The molecule has 0 amide bonds. The molecule has 1 saturated carbocycles. The first-order valence-electron chi connectivity index (χ1n) is 7.43. The van der Waals surface area contributed by atoms with Crippen LogP contribution in [0, 0.1) is 11.6 Å². The lowest BCUT2D eigenvalue weighted by molar-refractivity contribution is 0.0129. The molecule has 1 aromatic carbocycles. The third-order valence-electron chi connectivity index (χ3n) is 4.15. The highest BCUT2D eigenvalue weighted by molar-refractivity contribution is 5.20. The van der Waals surface area contributed by atoms with Crippen LogP contribution in [0.1, 0.15) is 43.8 Å². The Labute approximate surface area is 124 Å². The number of rotatable bonds is 6. The van der Waals surface area contributed by atoms with Crippen LogP contribution in [0.5, 0.6) is 0 Å². The molecule has 0 saturated heterocycles. The SMILES string of the molecule is CN(CCC(O)c1cc(F)cc(F)c1)CC1(O)CCCC1. The van der Waals surface area contributed by atoms with Crippen LogP contribution in [0.15, 0.2) is 18.2 Å². The molecule has 1 aromatic rings. The van der Waals surface area contributed by atoms with Crippen molar-refractivity contribution in [1.29, 1.82) is 0 Å². The van der Waals surface area contributed by atoms with E-state index in [9.17, 15) is 19.0 Å². The summed E-state index contributed by atoms with van der Waals surface area (Å²) < 4.78 is 26.2. The molecule has 0 bridgehead atoms. The van der Waals surface area contributed by atoms with Crippen LogP contribution in [-0.4, -0.2) is 40.9 Å². The van der Waals surface area contributed by atoms with Gasteiger partial charge in [-0.2, -0.15) is 0 Å². The molecule has 21 heavy (non-hydrogen) atoms. The van der Waals surface area contributed by atoms with E-state index in [1.165, 1.54) is 0 Å². The summed E-state index contributed by atoms with van der Waals surface area (Å²) in [5.74, 6) is -1.37. The van der Waals surface area contributed by atoms with Crippen molar-refractivity contribution in [1.82, 2.24) is 4.90 Å². The molecule has 1 fully saturated rings. The van der Waals surface area contributed by atoms with Crippen LogP contribution in [0.25, 0.3) is 0 Å². The molecule has 3 nitrogen and oxygen atoms in total. The number of nitrogens with zero attached hydrogens (tertiary/aromatic N) is 1. The molecule has 0 radical (unpaired) electrons. The number of likely N-dealkylation sites (N-methyl/N-ethyl adjacent to an activating group) is 1. The maximum atomic E-state index is 13.1. The lowest BCUT2D eigenvalue weighted by Crippen LogP contribution is -2.39. The number of aliphatic hydroxyl groups excluding tert-OH is 1. The number of aliphatic hydroxyl groups is 2. The van der Waals surface area contributed by atoms with E-state index >= 15 is 0 Å². The Balaban J connectivity index is 1.84. The molecule has 1 atom stereocenters. The van der Waals surface area contributed by atoms with E-state index in [1.807, 2.05) is 11.9 Å². The third kappa shape index (κ3) is 4.73. The molecule has 1 unspecified atom stereocenters. The Morgan fingerprint density at radius 3 is 2.33 bits per heavy atom. The Bertz CT molecular complexity index is 455. The molecule has 1 aliphatic carbocycles. The van der Waals surface area contributed by atoms with Crippen LogP contribution in [0.3, 0.4) is 0 Å². The normalized spacial score (nSPS) is 19.1. The average molecular weight is 299 g/mol. The second kappa shape index (κ2) is 6.81. The lowest BCUT2D eigenvalue weighted by atomic mass is 10.0. The molecule has 0 aliphatic heterocycles. The molecular weight excluding hydrogens is 276 g/mol. The zero-order valence-electron chi connectivity index (χ0n) is 12.4. The number of hydrogen-bond acceptors (Lipinski definition) is 3. The van der Waals surface area contributed by atoms with Crippen molar-refractivity contribution in [2.75, 3.05) is 20.1 Å². The first-order chi connectivity index (χ1) is 9.88. The zero-order chi connectivity index (χ0) is 15.5. The van der Waals surface area contributed by atoms with Crippen molar-refractivity contribution in [3.63, 3.8) is 0 Å². The first-order valence-corrected chi connectivity index (χ1v) is 7.43. The summed E-state index contributed by atoms with van der Waals surface area (Å²) >= 11 is 0. The van der Waals surface area contributed by atoms with Gasteiger partial charge in [-0.05, 0) is 44.0 Å². The van der Waals surface area contributed by atoms with Gasteiger partial charge in [0.2, 0.25) is 0 Å². The van der Waals surface area contributed by atoms with Gasteiger partial charge in [-0.1, -0.05) is 12.8 Å². The second-order valence-electron chi connectivity index (χ2n) is 6.18. The van der Waals surface area contributed by atoms with E-state index in [4.69, 9.17) is 0 Å². The van der Waals surface area contributed by atoms with Gasteiger partial charge in [0.25, 0.3) is 0 Å². The van der Waals surface area contributed by atoms with Crippen molar-refractivity contribution in [3.8, 4) is 0 Å². The molecule has 0 spiro atoms. The van der Waals surface area contributed by atoms with E-state index in [-0.39, 0.29) is 5.56 Å². The molecule has 1 aliphatic rings. The van der Waals surface area contributed by atoms with Gasteiger partial charge in [0.1, 0.15) is 11.6 Å². The van der Waals surface area contributed by atoms with Crippen LogP contribution in [0.2, 0.25) is 0 Å². The second-order valence-corrected chi connectivity index (χ2v) is 6.18. The van der Waals surface area contributed by atoms with E-state index < -0.39 is 23.3 Å². The fourth-order valence-corrected chi connectivity index (χ4v) is 3.05. The Morgan fingerprint density at radius 1 is 1.19 bits per heavy atom. The summed E-state index contributed by atoms with van der Waals surface area (Å²) in [6.07, 6.45) is 3.20. The summed E-state index contributed by atoms with van der Waals surface area (Å²) in [5, 5.41) is 20.3. The Hall–Kier alpha value is -1.04. The maximum Gasteiger partial charge on any atom is 0.126 e. The fraction of sp³-hybridized carbons (Fsp3) is 0.625. The molecule has 0 heterocycles. The maximum absolute atomic E-state index is 13.1. The summed E-state index contributed by atoms with van der Waals surface area (Å²) in [6.45, 7) is 1.12. The molecular formula is C16H23F2NO2. The molecule has 0 aromatic heterocycles. The van der Waals surface area contributed by atoms with Gasteiger partial charge in [0.15, 0.2) is 0 Å². The highest BCUT2D eigenvalue weighted by Gasteiger charge is 2.32. The largest absolute Gasteiger partial charge is 0.389 e. The third-order valence-corrected chi connectivity index (χ3v) is 4.15.